The summed E-state index contributed by atoms with van der Waals surface area (Å²) in [6.45, 7) is 5.39. The highest BCUT2D eigenvalue weighted by Gasteiger charge is 2.18. The van der Waals surface area contributed by atoms with Crippen LogP contribution in [0.15, 0.2) is 24.3 Å². The van der Waals surface area contributed by atoms with E-state index in [1.54, 1.807) is 13.8 Å². The van der Waals surface area contributed by atoms with Gasteiger partial charge in [0.15, 0.2) is 6.10 Å². The Hall–Kier alpha value is -2.04. The van der Waals surface area contributed by atoms with Gasteiger partial charge in [-0.15, -0.1) is 0 Å². The van der Waals surface area contributed by atoms with E-state index in [0.717, 1.165) is 5.56 Å². The Morgan fingerprint density at radius 2 is 1.80 bits per heavy atom. The number of methoxy groups -OCH3 is 1. The summed E-state index contributed by atoms with van der Waals surface area (Å²) in [6.07, 6.45) is -0.489. The maximum absolute atomic E-state index is 11.9. The summed E-state index contributed by atoms with van der Waals surface area (Å²) >= 11 is 0. The second kappa shape index (κ2) is 7.53. The minimum absolute atomic E-state index is 0.138. The Morgan fingerprint density at radius 3 is 2.35 bits per heavy atom. The summed E-state index contributed by atoms with van der Waals surface area (Å²) in [7, 11) is 1.32. The Labute approximate surface area is 119 Å². The average Bonchev–Trinajstić information content (AvgIpc) is 2.40. The second-order valence-corrected chi connectivity index (χ2v) is 4.76. The molecule has 0 aliphatic carbocycles. The van der Waals surface area contributed by atoms with Gasteiger partial charge >= 0.3 is 5.97 Å². The van der Waals surface area contributed by atoms with Crippen LogP contribution in [0.4, 0.5) is 0 Å². The summed E-state index contributed by atoms with van der Waals surface area (Å²) in [4.78, 5) is 23.0. The van der Waals surface area contributed by atoms with Gasteiger partial charge in [-0.05, 0) is 32.9 Å². The van der Waals surface area contributed by atoms with Gasteiger partial charge in [-0.2, -0.15) is 0 Å². The van der Waals surface area contributed by atoms with E-state index in [9.17, 15) is 9.59 Å². The molecule has 0 radical (unpaired) electrons. The van der Waals surface area contributed by atoms with Gasteiger partial charge in [0.25, 0.3) is 5.91 Å². The van der Waals surface area contributed by atoms with Crippen molar-refractivity contribution in [1.29, 1.82) is 0 Å². The molecular weight excluding hydrogens is 258 g/mol. The summed E-state index contributed by atoms with van der Waals surface area (Å²) in [5.74, 6) is 0.0192. The van der Waals surface area contributed by atoms with Crippen LogP contribution in [0.3, 0.4) is 0 Å². The molecule has 110 valence electrons. The Kier molecular flexibility index (Phi) is 6.03. The summed E-state index contributed by atoms with van der Waals surface area (Å²) < 4.78 is 10.1. The molecule has 0 fully saturated rings. The normalized spacial score (nSPS) is 13.2. The maximum Gasteiger partial charge on any atom is 0.307 e. The first-order chi connectivity index (χ1) is 9.42. The molecule has 0 aliphatic heterocycles. The lowest BCUT2D eigenvalue weighted by Gasteiger charge is -2.18. The monoisotopic (exact) mass is 279 g/mol. The van der Waals surface area contributed by atoms with Crippen LogP contribution in [-0.4, -0.2) is 31.1 Å². The number of hydrogen-bond donors (Lipinski definition) is 1. The van der Waals surface area contributed by atoms with Crippen molar-refractivity contribution in [3.8, 4) is 5.75 Å². The predicted octanol–water partition coefficient (Wildman–Crippen LogP) is 1.83. The van der Waals surface area contributed by atoms with E-state index in [2.05, 4.69) is 10.1 Å². The Bertz CT molecular complexity index is 455. The van der Waals surface area contributed by atoms with Gasteiger partial charge in [0, 0.05) is 6.04 Å². The second-order valence-electron chi connectivity index (χ2n) is 4.76. The van der Waals surface area contributed by atoms with Crippen LogP contribution in [-0.2, 0) is 14.3 Å². The van der Waals surface area contributed by atoms with Crippen LogP contribution in [0.25, 0.3) is 0 Å². The zero-order chi connectivity index (χ0) is 15.1. The minimum atomic E-state index is -0.627. The molecule has 1 rings (SSSR count). The molecule has 2 unspecified atom stereocenters. The first-order valence-electron chi connectivity index (χ1n) is 6.53. The van der Waals surface area contributed by atoms with Crippen molar-refractivity contribution in [1.82, 2.24) is 5.32 Å². The molecule has 0 aliphatic rings. The van der Waals surface area contributed by atoms with E-state index in [-0.39, 0.29) is 24.3 Å². The molecule has 1 N–H and O–H groups in total. The highest BCUT2D eigenvalue weighted by molar-refractivity contribution is 5.81. The molecular formula is C15H21NO4. The first kappa shape index (κ1) is 16.0. The Morgan fingerprint density at radius 1 is 1.20 bits per heavy atom. The fraction of sp³-hybridized carbons (Fsp3) is 0.467. The lowest BCUT2D eigenvalue weighted by molar-refractivity contribution is -0.141. The maximum atomic E-state index is 11.9. The number of rotatable bonds is 6. The van der Waals surface area contributed by atoms with Crippen LogP contribution in [0.2, 0.25) is 0 Å². The fourth-order valence-corrected chi connectivity index (χ4v) is 1.62. The number of aryl methyl sites for hydroxylation is 1. The lowest BCUT2D eigenvalue weighted by atomic mass is 10.2. The van der Waals surface area contributed by atoms with E-state index in [1.165, 1.54) is 7.11 Å². The molecule has 0 saturated carbocycles. The third-order valence-electron chi connectivity index (χ3n) is 2.79. The number of nitrogens with one attached hydrogen (secondary N) is 1. The molecule has 0 spiro atoms. The van der Waals surface area contributed by atoms with E-state index in [4.69, 9.17) is 4.74 Å². The molecule has 0 bridgehead atoms. The number of ether oxygens (including phenoxy) is 2. The molecule has 1 aromatic rings. The van der Waals surface area contributed by atoms with Crippen LogP contribution < -0.4 is 10.1 Å². The SMILES string of the molecule is COC(=O)CC(C)NC(=O)C(C)Oc1ccc(C)cc1. The van der Waals surface area contributed by atoms with Gasteiger partial charge in [-0.3, -0.25) is 9.59 Å². The molecule has 1 amide bonds. The van der Waals surface area contributed by atoms with Crippen molar-refractivity contribution in [2.24, 2.45) is 0 Å². The average molecular weight is 279 g/mol. The van der Waals surface area contributed by atoms with Crippen molar-refractivity contribution in [2.45, 2.75) is 39.3 Å². The van der Waals surface area contributed by atoms with Gasteiger partial charge in [0.05, 0.1) is 13.5 Å². The summed E-state index contributed by atoms with van der Waals surface area (Å²) in [5, 5.41) is 2.71. The molecule has 20 heavy (non-hydrogen) atoms. The molecule has 5 heteroatoms. The van der Waals surface area contributed by atoms with Crippen molar-refractivity contribution < 1.29 is 19.1 Å². The Balaban J connectivity index is 2.46. The molecule has 0 aromatic heterocycles. The van der Waals surface area contributed by atoms with E-state index >= 15 is 0 Å². The lowest BCUT2D eigenvalue weighted by Crippen LogP contribution is -2.42. The van der Waals surface area contributed by atoms with Crippen molar-refractivity contribution in [3.63, 3.8) is 0 Å². The number of hydrogen-bond acceptors (Lipinski definition) is 4. The number of carbonyl (C=O) groups excluding carboxylic acids is 2. The quantitative estimate of drug-likeness (QED) is 0.807. The molecule has 2 atom stereocenters. The van der Waals surface area contributed by atoms with E-state index in [0.29, 0.717) is 5.75 Å². The predicted molar refractivity (Wildman–Crippen MR) is 75.5 cm³/mol. The topological polar surface area (TPSA) is 64.6 Å². The zero-order valence-electron chi connectivity index (χ0n) is 12.3. The molecule has 0 heterocycles. The van der Waals surface area contributed by atoms with Crippen LogP contribution >= 0.6 is 0 Å². The van der Waals surface area contributed by atoms with Crippen LogP contribution in [0.1, 0.15) is 25.8 Å². The third-order valence-corrected chi connectivity index (χ3v) is 2.79. The third kappa shape index (κ3) is 5.30. The highest BCUT2D eigenvalue weighted by atomic mass is 16.5. The molecule has 5 nitrogen and oxygen atoms in total. The van der Waals surface area contributed by atoms with Gasteiger partial charge in [0.1, 0.15) is 5.75 Å². The zero-order valence-corrected chi connectivity index (χ0v) is 12.3. The van der Waals surface area contributed by atoms with Crippen LogP contribution in [0, 0.1) is 6.92 Å². The first-order valence-corrected chi connectivity index (χ1v) is 6.53. The number of amides is 1. The fourth-order valence-electron chi connectivity index (χ4n) is 1.62. The van der Waals surface area contributed by atoms with Gasteiger partial charge in [0.2, 0.25) is 0 Å². The van der Waals surface area contributed by atoms with Crippen molar-refractivity contribution in [3.05, 3.63) is 29.8 Å². The highest BCUT2D eigenvalue weighted by Crippen LogP contribution is 2.13. The number of esters is 1. The van der Waals surface area contributed by atoms with Gasteiger partial charge in [-0.25, -0.2) is 0 Å². The minimum Gasteiger partial charge on any atom is -0.481 e. The van der Waals surface area contributed by atoms with Crippen LogP contribution in [0.5, 0.6) is 5.75 Å². The van der Waals surface area contributed by atoms with Crippen molar-refractivity contribution >= 4 is 11.9 Å². The van der Waals surface area contributed by atoms with Gasteiger partial charge in [-0.1, -0.05) is 17.7 Å². The standard InChI is InChI=1S/C15H21NO4/c1-10-5-7-13(8-6-10)20-12(3)15(18)16-11(2)9-14(17)19-4/h5-8,11-12H,9H2,1-4H3,(H,16,18). The number of benzene rings is 1. The van der Waals surface area contributed by atoms with Gasteiger partial charge < -0.3 is 14.8 Å². The largest absolute Gasteiger partial charge is 0.481 e. The molecule has 0 saturated heterocycles. The molecule has 1 aromatic carbocycles. The van der Waals surface area contributed by atoms with E-state index < -0.39 is 6.10 Å². The van der Waals surface area contributed by atoms with Crippen molar-refractivity contribution in [2.75, 3.05) is 7.11 Å². The number of carbonyl (C=O) groups is 2. The summed E-state index contributed by atoms with van der Waals surface area (Å²) in [5.41, 5.74) is 1.13. The summed E-state index contributed by atoms with van der Waals surface area (Å²) in [6, 6.07) is 7.17. The van der Waals surface area contributed by atoms with E-state index in [1.807, 2.05) is 31.2 Å². The smallest absolute Gasteiger partial charge is 0.307 e.